The van der Waals surface area contributed by atoms with Gasteiger partial charge in [-0.1, -0.05) is 59.9 Å². The molecule has 0 spiro atoms. The van der Waals surface area contributed by atoms with Gasteiger partial charge in [0.05, 0.1) is 10.6 Å². The largest absolute Gasteiger partial charge is 0.352 e. The molecule has 39 heavy (non-hydrogen) atoms. The highest BCUT2D eigenvalue weighted by Gasteiger charge is 2.33. The quantitative estimate of drug-likeness (QED) is 0.281. The standard InChI is InChI=1S/C28H30Cl3N3O4S/c1-4-19(2)32-28(36)20(3)33(17-21-8-10-22(29)11-9-21)27(35)18-34(25-7-5-6-24(31)16-25)39(37,38)26-14-12-23(30)13-15-26/h5-16,19-20H,4,17-18H2,1-3H3,(H,32,36)/t19-,20-/m1/s1. The number of halogens is 3. The molecule has 0 bridgehead atoms. The van der Waals surface area contributed by atoms with Crippen molar-refractivity contribution < 1.29 is 18.0 Å². The molecule has 1 N–H and O–H groups in total. The average molecular weight is 611 g/mol. The van der Waals surface area contributed by atoms with Gasteiger partial charge in [-0.05, 0) is 80.4 Å². The Labute approximate surface area is 244 Å². The number of anilines is 1. The number of sulfonamides is 1. The molecular weight excluding hydrogens is 581 g/mol. The van der Waals surface area contributed by atoms with Gasteiger partial charge in [0.25, 0.3) is 10.0 Å². The number of hydrogen-bond acceptors (Lipinski definition) is 4. The van der Waals surface area contributed by atoms with Crippen LogP contribution in [0, 0.1) is 0 Å². The molecule has 0 fully saturated rings. The van der Waals surface area contributed by atoms with Gasteiger partial charge in [0.2, 0.25) is 11.8 Å². The van der Waals surface area contributed by atoms with Crippen molar-refractivity contribution in [1.82, 2.24) is 10.2 Å². The van der Waals surface area contributed by atoms with E-state index in [0.29, 0.717) is 21.5 Å². The molecule has 0 saturated carbocycles. The van der Waals surface area contributed by atoms with Crippen LogP contribution in [0.4, 0.5) is 5.69 Å². The van der Waals surface area contributed by atoms with Gasteiger partial charge < -0.3 is 10.2 Å². The summed E-state index contributed by atoms with van der Waals surface area (Å²) in [6.07, 6.45) is 0.714. The predicted molar refractivity (Wildman–Crippen MR) is 157 cm³/mol. The van der Waals surface area contributed by atoms with Crippen LogP contribution in [0.2, 0.25) is 15.1 Å². The van der Waals surface area contributed by atoms with E-state index in [4.69, 9.17) is 34.8 Å². The van der Waals surface area contributed by atoms with Gasteiger partial charge in [-0.3, -0.25) is 13.9 Å². The number of rotatable bonds is 11. The maximum absolute atomic E-state index is 13.9. The lowest BCUT2D eigenvalue weighted by molar-refractivity contribution is -0.139. The number of nitrogens with one attached hydrogen (secondary N) is 1. The van der Waals surface area contributed by atoms with E-state index in [0.717, 1.165) is 9.87 Å². The van der Waals surface area contributed by atoms with E-state index < -0.39 is 28.5 Å². The molecule has 3 rings (SSSR count). The van der Waals surface area contributed by atoms with Crippen molar-refractivity contribution in [2.75, 3.05) is 10.8 Å². The van der Waals surface area contributed by atoms with Crippen LogP contribution in [0.15, 0.2) is 77.7 Å². The zero-order valence-corrected chi connectivity index (χ0v) is 24.9. The molecule has 0 aliphatic heterocycles. The third-order valence-electron chi connectivity index (χ3n) is 6.21. The van der Waals surface area contributed by atoms with Crippen LogP contribution in [0.25, 0.3) is 0 Å². The lowest BCUT2D eigenvalue weighted by atomic mass is 10.1. The fourth-order valence-corrected chi connectivity index (χ4v) is 5.57. The van der Waals surface area contributed by atoms with Crippen molar-refractivity contribution in [2.24, 2.45) is 0 Å². The van der Waals surface area contributed by atoms with Crippen LogP contribution >= 0.6 is 34.8 Å². The van der Waals surface area contributed by atoms with E-state index in [-0.39, 0.29) is 29.1 Å². The smallest absolute Gasteiger partial charge is 0.264 e. The van der Waals surface area contributed by atoms with Gasteiger partial charge in [0.15, 0.2) is 0 Å². The monoisotopic (exact) mass is 609 g/mol. The Balaban J connectivity index is 2.02. The molecule has 7 nitrogen and oxygen atoms in total. The van der Waals surface area contributed by atoms with E-state index in [1.54, 1.807) is 49.4 Å². The normalized spacial score (nSPS) is 12.9. The van der Waals surface area contributed by atoms with Gasteiger partial charge in [0, 0.05) is 27.7 Å². The molecule has 0 unspecified atom stereocenters. The summed E-state index contributed by atoms with van der Waals surface area (Å²) < 4.78 is 28.5. The van der Waals surface area contributed by atoms with Crippen LogP contribution in [0.3, 0.4) is 0 Å². The zero-order chi connectivity index (χ0) is 28.7. The van der Waals surface area contributed by atoms with Crippen molar-refractivity contribution in [3.8, 4) is 0 Å². The Morgan fingerprint density at radius 3 is 2.03 bits per heavy atom. The van der Waals surface area contributed by atoms with E-state index in [9.17, 15) is 18.0 Å². The SMILES string of the molecule is CC[C@@H](C)NC(=O)[C@@H](C)N(Cc1ccc(Cl)cc1)C(=O)CN(c1cccc(Cl)c1)S(=O)(=O)c1ccc(Cl)cc1. The first-order valence-electron chi connectivity index (χ1n) is 12.3. The molecule has 208 valence electrons. The minimum atomic E-state index is -4.21. The van der Waals surface area contributed by atoms with Crippen LogP contribution < -0.4 is 9.62 Å². The third kappa shape index (κ3) is 8.11. The number of amides is 2. The molecule has 2 amide bonds. The lowest BCUT2D eigenvalue weighted by Crippen LogP contribution is -2.52. The van der Waals surface area contributed by atoms with E-state index >= 15 is 0 Å². The summed E-state index contributed by atoms with van der Waals surface area (Å²) in [6, 6.07) is 17.8. The minimum absolute atomic E-state index is 0.0495. The van der Waals surface area contributed by atoms with Crippen molar-refractivity contribution in [3.05, 3.63) is 93.4 Å². The molecular formula is C28H30Cl3N3O4S. The summed E-state index contributed by atoms with van der Waals surface area (Å²) in [5, 5.41) is 4.10. The fraction of sp³-hybridized carbons (Fsp3) is 0.286. The van der Waals surface area contributed by atoms with Crippen LogP contribution in [0.1, 0.15) is 32.8 Å². The van der Waals surface area contributed by atoms with E-state index in [1.807, 2.05) is 13.8 Å². The highest BCUT2D eigenvalue weighted by atomic mass is 35.5. The summed E-state index contributed by atoms with van der Waals surface area (Å²) in [5.41, 5.74) is 0.930. The third-order valence-corrected chi connectivity index (χ3v) is 8.74. The Morgan fingerprint density at radius 2 is 1.46 bits per heavy atom. The number of carbonyl (C=O) groups is 2. The molecule has 0 aromatic heterocycles. The second-order valence-electron chi connectivity index (χ2n) is 9.09. The molecule has 0 heterocycles. The van der Waals surface area contributed by atoms with E-state index in [2.05, 4.69) is 5.32 Å². The summed E-state index contributed by atoms with van der Waals surface area (Å²) in [4.78, 5) is 28.2. The topological polar surface area (TPSA) is 86.8 Å². The summed E-state index contributed by atoms with van der Waals surface area (Å²) in [5.74, 6) is -0.921. The molecule has 0 aliphatic carbocycles. The van der Waals surface area contributed by atoms with Gasteiger partial charge in [-0.15, -0.1) is 0 Å². The second-order valence-corrected chi connectivity index (χ2v) is 12.3. The summed E-state index contributed by atoms with van der Waals surface area (Å²) >= 11 is 18.2. The van der Waals surface area contributed by atoms with E-state index in [1.165, 1.54) is 35.2 Å². The maximum atomic E-state index is 13.9. The van der Waals surface area contributed by atoms with Gasteiger partial charge >= 0.3 is 0 Å². The first-order chi connectivity index (χ1) is 18.4. The number of hydrogen-bond donors (Lipinski definition) is 1. The van der Waals surface area contributed by atoms with Crippen LogP contribution in [-0.2, 0) is 26.2 Å². The molecule has 0 saturated heterocycles. The van der Waals surface area contributed by atoms with Crippen LogP contribution in [0.5, 0.6) is 0 Å². The molecule has 3 aromatic rings. The zero-order valence-electron chi connectivity index (χ0n) is 21.8. The number of carbonyl (C=O) groups excluding carboxylic acids is 2. The van der Waals surface area contributed by atoms with Crippen molar-refractivity contribution in [3.63, 3.8) is 0 Å². The Kier molecular flexibility index (Phi) is 10.7. The highest BCUT2D eigenvalue weighted by Crippen LogP contribution is 2.27. The summed E-state index contributed by atoms with van der Waals surface area (Å²) in [7, 11) is -4.21. The fourth-order valence-electron chi connectivity index (χ4n) is 3.73. The lowest BCUT2D eigenvalue weighted by Gasteiger charge is -2.32. The second kappa shape index (κ2) is 13.5. The molecule has 0 aliphatic rings. The van der Waals surface area contributed by atoms with Gasteiger partial charge in [0.1, 0.15) is 12.6 Å². The van der Waals surface area contributed by atoms with Crippen molar-refractivity contribution in [1.29, 1.82) is 0 Å². The molecule has 2 atom stereocenters. The van der Waals surface area contributed by atoms with Crippen LogP contribution in [-0.4, -0.2) is 43.8 Å². The molecule has 11 heteroatoms. The van der Waals surface area contributed by atoms with Crippen molar-refractivity contribution in [2.45, 2.75) is 50.7 Å². The maximum Gasteiger partial charge on any atom is 0.264 e. The molecule has 3 aromatic carbocycles. The van der Waals surface area contributed by atoms with Gasteiger partial charge in [-0.25, -0.2) is 8.42 Å². The van der Waals surface area contributed by atoms with Gasteiger partial charge in [-0.2, -0.15) is 0 Å². The van der Waals surface area contributed by atoms with Crippen molar-refractivity contribution >= 4 is 62.3 Å². The predicted octanol–water partition coefficient (Wildman–Crippen LogP) is 6.17. The highest BCUT2D eigenvalue weighted by molar-refractivity contribution is 7.92. The Bertz CT molecular complexity index is 1400. The molecule has 0 radical (unpaired) electrons. The summed E-state index contributed by atoms with van der Waals surface area (Å²) in [6.45, 7) is 4.92. The minimum Gasteiger partial charge on any atom is -0.352 e. The Morgan fingerprint density at radius 1 is 0.872 bits per heavy atom. The number of benzene rings is 3. The first kappa shape index (κ1) is 30.8. The average Bonchev–Trinajstić information content (AvgIpc) is 2.90. The Hall–Kier alpha value is -2.78. The number of nitrogens with zero attached hydrogens (tertiary/aromatic N) is 2. The first-order valence-corrected chi connectivity index (χ1v) is 14.9.